The van der Waals surface area contributed by atoms with Gasteiger partial charge in [0.2, 0.25) is 5.91 Å². The van der Waals surface area contributed by atoms with Crippen molar-refractivity contribution in [2.45, 2.75) is 25.3 Å². The van der Waals surface area contributed by atoms with Crippen LogP contribution in [-0.4, -0.2) is 60.4 Å². The van der Waals surface area contributed by atoms with Crippen LogP contribution in [0.4, 0.5) is 0 Å². The molecule has 106 valence electrons. The SMILES string of the molecule is COCCC(NC(=O)C1=NN(C)C(=O)CC1)C(=O)O. The van der Waals surface area contributed by atoms with Gasteiger partial charge in [-0.05, 0) is 0 Å². The van der Waals surface area contributed by atoms with E-state index in [-0.39, 0.29) is 37.5 Å². The highest BCUT2D eigenvalue weighted by Gasteiger charge is 2.26. The zero-order valence-corrected chi connectivity index (χ0v) is 10.9. The number of carbonyl (C=O) groups excluding carboxylic acids is 2. The Morgan fingerprint density at radius 1 is 1.53 bits per heavy atom. The lowest BCUT2D eigenvalue weighted by Gasteiger charge is -2.20. The summed E-state index contributed by atoms with van der Waals surface area (Å²) in [5.41, 5.74) is 0.158. The molecule has 0 aromatic heterocycles. The van der Waals surface area contributed by atoms with E-state index in [2.05, 4.69) is 10.4 Å². The molecule has 0 bridgehead atoms. The summed E-state index contributed by atoms with van der Waals surface area (Å²) in [5, 5.41) is 16.2. The largest absolute Gasteiger partial charge is 0.480 e. The van der Waals surface area contributed by atoms with Gasteiger partial charge >= 0.3 is 5.97 Å². The van der Waals surface area contributed by atoms with Crippen LogP contribution in [0.25, 0.3) is 0 Å². The molecule has 1 aliphatic heterocycles. The number of carboxylic acids is 1. The van der Waals surface area contributed by atoms with Crippen LogP contribution in [0.5, 0.6) is 0 Å². The Hall–Kier alpha value is -1.96. The van der Waals surface area contributed by atoms with E-state index in [4.69, 9.17) is 9.84 Å². The van der Waals surface area contributed by atoms with Gasteiger partial charge in [-0.3, -0.25) is 9.59 Å². The number of ether oxygens (including phenoxy) is 1. The lowest BCUT2D eigenvalue weighted by atomic mass is 10.1. The summed E-state index contributed by atoms with van der Waals surface area (Å²) < 4.78 is 4.78. The average Bonchev–Trinajstić information content (AvgIpc) is 2.37. The maximum Gasteiger partial charge on any atom is 0.326 e. The molecule has 0 aromatic carbocycles. The van der Waals surface area contributed by atoms with E-state index in [0.717, 1.165) is 5.01 Å². The Balaban J connectivity index is 2.64. The Kier molecular flexibility index (Phi) is 5.43. The third-order valence-corrected chi connectivity index (χ3v) is 2.68. The highest BCUT2D eigenvalue weighted by Crippen LogP contribution is 2.07. The molecule has 0 aliphatic carbocycles. The van der Waals surface area contributed by atoms with E-state index in [1.54, 1.807) is 0 Å². The highest BCUT2D eigenvalue weighted by molar-refractivity contribution is 6.39. The first-order chi connectivity index (χ1) is 8.95. The highest BCUT2D eigenvalue weighted by atomic mass is 16.5. The van der Waals surface area contributed by atoms with Crippen molar-refractivity contribution < 1.29 is 24.2 Å². The predicted molar refractivity (Wildman–Crippen MR) is 65.5 cm³/mol. The number of methoxy groups -OCH3 is 1. The average molecular weight is 271 g/mol. The van der Waals surface area contributed by atoms with Crippen LogP contribution in [0, 0.1) is 0 Å². The topological polar surface area (TPSA) is 108 Å². The predicted octanol–water partition coefficient (Wildman–Crippen LogP) is -0.799. The third-order valence-electron chi connectivity index (χ3n) is 2.68. The standard InChI is InChI=1S/C11H17N3O5/c1-14-9(15)4-3-7(13-14)10(16)12-8(11(17)18)5-6-19-2/h8H,3-6H2,1-2H3,(H,12,16)(H,17,18). The molecule has 1 unspecified atom stereocenters. The number of hydrogen-bond donors (Lipinski definition) is 2. The molecule has 2 amide bonds. The quantitative estimate of drug-likeness (QED) is 0.657. The van der Waals surface area contributed by atoms with Crippen LogP contribution in [0.2, 0.25) is 0 Å². The van der Waals surface area contributed by atoms with E-state index < -0.39 is 17.9 Å². The monoisotopic (exact) mass is 271 g/mol. The maximum atomic E-state index is 11.8. The maximum absolute atomic E-state index is 11.8. The van der Waals surface area contributed by atoms with Crippen molar-refractivity contribution in [1.82, 2.24) is 10.3 Å². The van der Waals surface area contributed by atoms with E-state index in [1.807, 2.05) is 0 Å². The molecule has 0 saturated carbocycles. The van der Waals surface area contributed by atoms with Gasteiger partial charge in [0.1, 0.15) is 11.8 Å². The van der Waals surface area contributed by atoms with Gasteiger partial charge in [-0.15, -0.1) is 0 Å². The zero-order valence-electron chi connectivity index (χ0n) is 10.9. The minimum atomic E-state index is -1.13. The van der Waals surface area contributed by atoms with Crippen LogP contribution >= 0.6 is 0 Å². The first kappa shape index (κ1) is 15.1. The number of hydrazone groups is 1. The van der Waals surface area contributed by atoms with Crippen molar-refractivity contribution in [1.29, 1.82) is 0 Å². The molecular formula is C11H17N3O5. The van der Waals surface area contributed by atoms with Gasteiger partial charge in [0.25, 0.3) is 5.91 Å². The molecule has 8 heteroatoms. The fourth-order valence-corrected chi connectivity index (χ4v) is 1.57. The molecule has 2 N–H and O–H groups in total. The molecule has 1 aliphatic rings. The summed E-state index contributed by atoms with van der Waals surface area (Å²) >= 11 is 0. The Morgan fingerprint density at radius 2 is 2.21 bits per heavy atom. The van der Waals surface area contributed by atoms with Gasteiger partial charge in [-0.1, -0.05) is 0 Å². The summed E-state index contributed by atoms with van der Waals surface area (Å²) in [5.74, 6) is -1.88. The fourth-order valence-electron chi connectivity index (χ4n) is 1.57. The molecule has 19 heavy (non-hydrogen) atoms. The van der Waals surface area contributed by atoms with Gasteiger partial charge in [-0.2, -0.15) is 5.10 Å². The van der Waals surface area contributed by atoms with E-state index in [1.165, 1.54) is 14.2 Å². The second-order valence-electron chi connectivity index (χ2n) is 4.11. The Bertz CT molecular complexity index is 407. The summed E-state index contributed by atoms with van der Waals surface area (Å²) in [4.78, 5) is 34.0. The smallest absolute Gasteiger partial charge is 0.326 e. The number of aliphatic carboxylic acids is 1. The van der Waals surface area contributed by atoms with E-state index in [9.17, 15) is 14.4 Å². The van der Waals surface area contributed by atoms with Crippen molar-refractivity contribution in [3.8, 4) is 0 Å². The second kappa shape index (κ2) is 6.83. The molecule has 1 rings (SSSR count). The van der Waals surface area contributed by atoms with E-state index in [0.29, 0.717) is 0 Å². The van der Waals surface area contributed by atoms with Gasteiger partial charge in [0, 0.05) is 40.0 Å². The molecule has 0 aromatic rings. The summed E-state index contributed by atoms with van der Waals surface area (Å²) in [6.45, 7) is 0.224. The number of nitrogens with one attached hydrogen (secondary N) is 1. The molecule has 0 saturated heterocycles. The van der Waals surface area contributed by atoms with Crippen LogP contribution in [0.1, 0.15) is 19.3 Å². The second-order valence-corrected chi connectivity index (χ2v) is 4.11. The summed E-state index contributed by atoms with van der Waals surface area (Å²) in [7, 11) is 2.90. The van der Waals surface area contributed by atoms with Crippen LogP contribution < -0.4 is 5.32 Å². The number of nitrogens with zero attached hydrogens (tertiary/aromatic N) is 2. The Morgan fingerprint density at radius 3 is 2.74 bits per heavy atom. The minimum absolute atomic E-state index is 0.158. The lowest BCUT2D eigenvalue weighted by molar-refractivity contribution is -0.141. The van der Waals surface area contributed by atoms with Crippen molar-refractivity contribution in [2.24, 2.45) is 5.10 Å². The number of rotatable bonds is 6. The molecule has 8 nitrogen and oxygen atoms in total. The molecule has 0 fully saturated rings. The molecular weight excluding hydrogens is 254 g/mol. The van der Waals surface area contributed by atoms with Gasteiger partial charge in [0.05, 0.1) is 0 Å². The van der Waals surface area contributed by atoms with Crippen molar-refractivity contribution >= 4 is 23.5 Å². The summed E-state index contributed by atoms with van der Waals surface area (Å²) in [6, 6.07) is -1.03. The van der Waals surface area contributed by atoms with Gasteiger partial charge < -0.3 is 15.2 Å². The molecule has 1 atom stereocenters. The lowest BCUT2D eigenvalue weighted by Crippen LogP contribution is -2.46. The molecule has 1 heterocycles. The van der Waals surface area contributed by atoms with Crippen LogP contribution in [0.3, 0.4) is 0 Å². The van der Waals surface area contributed by atoms with Crippen LogP contribution in [-0.2, 0) is 19.1 Å². The summed E-state index contributed by atoms with van der Waals surface area (Å²) in [6.07, 6.45) is 0.573. The van der Waals surface area contributed by atoms with Crippen LogP contribution in [0.15, 0.2) is 5.10 Å². The molecule has 0 radical (unpaired) electrons. The minimum Gasteiger partial charge on any atom is -0.480 e. The zero-order chi connectivity index (χ0) is 14.4. The number of carboxylic acid groups (broad SMARTS) is 1. The molecule has 0 spiro atoms. The third kappa shape index (κ3) is 4.32. The van der Waals surface area contributed by atoms with E-state index >= 15 is 0 Å². The first-order valence-corrected chi connectivity index (χ1v) is 5.82. The fraction of sp³-hybridized carbons (Fsp3) is 0.636. The Labute approximate surface area is 110 Å². The number of amides is 2. The number of carbonyl (C=O) groups is 3. The normalized spacial score (nSPS) is 16.8. The van der Waals surface area contributed by atoms with Gasteiger partial charge in [0.15, 0.2) is 0 Å². The number of hydrogen-bond acceptors (Lipinski definition) is 5. The van der Waals surface area contributed by atoms with Crippen molar-refractivity contribution in [2.75, 3.05) is 20.8 Å². The van der Waals surface area contributed by atoms with Crippen molar-refractivity contribution in [3.05, 3.63) is 0 Å². The first-order valence-electron chi connectivity index (χ1n) is 5.82. The van der Waals surface area contributed by atoms with Gasteiger partial charge in [-0.25, -0.2) is 9.80 Å². The van der Waals surface area contributed by atoms with Crippen molar-refractivity contribution in [3.63, 3.8) is 0 Å².